The number of halogens is 1. The Morgan fingerprint density at radius 2 is 2.00 bits per heavy atom. The Balaban J connectivity index is 0.00000625. The van der Waals surface area contributed by atoms with Gasteiger partial charge in [0.2, 0.25) is 10.0 Å². The predicted octanol–water partition coefficient (Wildman–Crippen LogP) is 2.04. The summed E-state index contributed by atoms with van der Waals surface area (Å²) in [6, 6.07) is 7.80. The summed E-state index contributed by atoms with van der Waals surface area (Å²) >= 11 is 0. The molecular weight excluding hydrogens is 467 g/mol. The van der Waals surface area contributed by atoms with Gasteiger partial charge in [-0.05, 0) is 31.0 Å². The van der Waals surface area contributed by atoms with Gasteiger partial charge in [-0.3, -0.25) is 0 Å². The topological polar surface area (TPSA) is 83.0 Å². The van der Waals surface area contributed by atoms with E-state index in [0.717, 1.165) is 17.9 Å². The molecule has 0 aromatic heterocycles. The minimum Gasteiger partial charge on any atom is -0.497 e. The summed E-state index contributed by atoms with van der Waals surface area (Å²) in [6.07, 6.45) is 1.95. The quantitative estimate of drug-likeness (QED) is 0.223. The molecular formula is C17H31IN4O3S. The van der Waals surface area contributed by atoms with E-state index >= 15 is 0 Å². The first kappa shape index (κ1) is 24.9. The highest BCUT2D eigenvalue weighted by atomic mass is 127. The predicted molar refractivity (Wildman–Crippen MR) is 118 cm³/mol. The summed E-state index contributed by atoms with van der Waals surface area (Å²) in [7, 11) is -1.49. The van der Waals surface area contributed by atoms with Crippen LogP contribution in [0.15, 0.2) is 29.3 Å². The zero-order valence-electron chi connectivity index (χ0n) is 16.0. The van der Waals surface area contributed by atoms with Crippen LogP contribution in [0.5, 0.6) is 5.75 Å². The first-order valence-corrected chi connectivity index (χ1v) is 10.4. The van der Waals surface area contributed by atoms with E-state index in [1.165, 1.54) is 10.6 Å². The molecule has 0 spiro atoms. The van der Waals surface area contributed by atoms with Gasteiger partial charge in [0.25, 0.3) is 0 Å². The molecule has 1 rings (SSSR count). The summed E-state index contributed by atoms with van der Waals surface area (Å²) in [5, 5.41) is 6.43. The van der Waals surface area contributed by atoms with Crippen molar-refractivity contribution in [3.8, 4) is 5.75 Å². The van der Waals surface area contributed by atoms with Crippen molar-refractivity contribution in [3.05, 3.63) is 29.8 Å². The fraction of sp³-hybridized carbons (Fsp3) is 0.588. The van der Waals surface area contributed by atoms with Crippen LogP contribution in [-0.2, 0) is 16.6 Å². The Morgan fingerprint density at radius 1 is 1.27 bits per heavy atom. The zero-order chi connectivity index (χ0) is 18.7. The molecule has 9 heteroatoms. The van der Waals surface area contributed by atoms with Crippen molar-refractivity contribution in [3.63, 3.8) is 0 Å². The number of aliphatic imine (C=N–C) groups is 1. The SMILES string of the molecule is CCNC(=NCc1cccc(OC)c1)NCCCN(CC)S(C)(=O)=O.I. The third kappa shape index (κ3) is 9.58. The number of ether oxygens (including phenoxy) is 1. The van der Waals surface area contributed by atoms with Gasteiger partial charge < -0.3 is 15.4 Å². The van der Waals surface area contributed by atoms with Crippen molar-refractivity contribution in [1.29, 1.82) is 0 Å². The van der Waals surface area contributed by atoms with Crippen LogP contribution in [0, 0.1) is 0 Å². The highest BCUT2D eigenvalue weighted by molar-refractivity contribution is 14.0. The van der Waals surface area contributed by atoms with Gasteiger partial charge in [0.15, 0.2) is 5.96 Å². The lowest BCUT2D eigenvalue weighted by Gasteiger charge is -2.18. The first-order chi connectivity index (χ1) is 11.9. The lowest BCUT2D eigenvalue weighted by Crippen LogP contribution is -2.39. The second kappa shape index (κ2) is 13.2. The summed E-state index contributed by atoms with van der Waals surface area (Å²) in [5.41, 5.74) is 1.06. The molecule has 150 valence electrons. The zero-order valence-corrected chi connectivity index (χ0v) is 19.1. The molecule has 0 fully saturated rings. The molecule has 0 aliphatic carbocycles. The average molecular weight is 498 g/mol. The van der Waals surface area contributed by atoms with Gasteiger partial charge in [-0.25, -0.2) is 17.7 Å². The Labute approximate surface area is 174 Å². The normalized spacial score (nSPS) is 11.8. The van der Waals surface area contributed by atoms with E-state index in [1.807, 2.05) is 38.1 Å². The van der Waals surface area contributed by atoms with Crippen LogP contribution < -0.4 is 15.4 Å². The number of hydrogen-bond donors (Lipinski definition) is 2. The largest absolute Gasteiger partial charge is 0.497 e. The molecule has 0 saturated carbocycles. The number of benzene rings is 1. The molecule has 0 saturated heterocycles. The van der Waals surface area contributed by atoms with Crippen LogP contribution in [0.2, 0.25) is 0 Å². The Bertz CT molecular complexity index is 653. The molecule has 0 aliphatic rings. The van der Waals surface area contributed by atoms with Gasteiger partial charge in [-0.1, -0.05) is 19.1 Å². The summed E-state index contributed by atoms with van der Waals surface area (Å²) in [6.45, 7) is 6.78. The lowest BCUT2D eigenvalue weighted by molar-refractivity contribution is 0.414. The summed E-state index contributed by atoms with van der Waals surface area (Å²) < 4.78 is 29.8. The minimum atomic E-state index is -3.13. The van der Waals surface area contributed by atoms with Gasteiger partial charge in [0, 0.05) is 26.2 Å². The number of methoxy groups -OCH3 is 1. The van der Waals surface area contributed by atoms with Crippen molar-refractivity contribution < 1.29 is 13.2 Å². The Hall–Kier alpha value is -1.07. The van der Waals surface area contributed by atoms with Crippen molar-refractivity contribution in [1.82, 2.24) is 14.9 Å². The van der Waals surface area contributed by atoms with Crippen LogP contribution in [0.25, 0.3) is 0 Å². The lowest BCUT2D eigenvalue weighted by atomic mass is 10.2. The number of nitrogens with one attached hydrogen (secondary N) is 2. The third-order valence-corrected chi connectivity index (χ3v) is 4.98. The second-order valence-electron chi connectivity index (χ2n) is 5.58. The van der Waals surface area contributed by atoms with Crippen LogP contribution in [0.1, 0.15) is 25.8 Å². The van der Waals surface area contributed by atoms with E-state index in [4.69, 9.17) is 4.74 Å². The number of guanidine groups is 1. The van der Waals surface area contributed by atoms with Gasteiger partial charge in [-0.15, -0.1) is 24.0 Å². The van der Waals surface area contributed by atoms with Crippen LogP contribution >= 0.6 is 24.0 Å². The standard InChI is InChI=1S/C17H30N4O3S.HI/c1-5-18-17(19-11-8-12-21(6-2)25(4,22)23)20-14-15-9-7-10-16(13-15)24-3;/h7,9-10,13H,5-6,8,11-12,14H2,1-4H3,(H2,18,19,20);1H. The Morgan fingerprint density at radius 3 is 2.58 bits per heavy atom. The fourth-order valence-corrected chi connectivity index (χ4v) is 3.23. The molecule has 7 nitrogen and oxygen atoms in total. The van der Waals surface area contributed by atoms with Crippen molar-refractivity contribution in [2.24, 2.45) is 4.99 Å². The van der Waals surface area contributed by atoms with Crippen molar-refractivity contribution in [2.45, 2.75) is 26.8 Å². The highest BCUT2D eigenvalue weighted by Crippen LogP contribution is 2.13. The first-order valence-electron chi connectivity index (χ1n) is 8.51. The molecule has 26 heavy (non-hydrogen) atoms. The van der Waals surface area contributed by atoms with Gasteiger partial charge >= 0.3 is 0 Å². The van der Waals surface area contributed by atoms with E-state index in [2.05, 4.69) is 15.6 Å². The van der Waals surface area contributed by atoms with E-state index in [9.17, 15) is 8.42 Å². The van der Waals surface area contributed by atoms with Crippen molar-refractivity contribution >= 4 is 40.0 Å². The Kier molecular flexibility index (Phi) is 12.6. The monoisotopic (exact) mass is 498 g/mol. The minimum absolute atomic E-state index is 0. The average Bonchev–Trinajstić information content (AvgIpc) is 2.58. The van der Waals surface area contributed by atoms with E-state index in [1.54, 1.807) is 7.11 Å². The van der Waals surface area contributed by atoms with E-state index in [0.29, 0.717) is 38.6 Å². The summed E-state index contributed by atoms with van der Waals surface area (Å²) in [4.78, 5) is 4.55. The molecule has 1 aromatic rings. The van der Waals surface area contributed by atoms with Gasteiger partial charge in [0.1, 0.15) is 5.75 Å². The van der Waals surface area contributed by atoms with Gasteiger partial charge in [0.05, 0.1) is 19.9 Å². The molecule has 0 bridgehead atoms. The maximum Gasteiger partial charge on any atom is 0.211 e. The molecule has 0 aliphatic heterocycles. The summed E-state index contributed by atoms with van der Waals surface area (Å²) in [5.74, 6) is 1.53. The number of hydrogen-bond acceptors (Lipinski definition) is 4. The highest BCUT2D eigenvalue weighted by Gasteiger charge is 2.13. The number of rotatable bonds is 10. The molecule has 0 atom stereocenters. The van der Waals surface area contributed by atoms with Crippen LogP contribution in [0.3, 0.4) is 0 Å². The van der Waals surface area contributed by atoms with E-state index < -0.39 is 10.0 Å². The van der Waals surface area contributed by atoms with Crippen LogP contribution in [0.4, 0.5) is 0 Å². The van der Waals surface area contributed by atoms with E-state index in [-0.39, 0.29) is 24.0 Å². The molecule has 0 radical (unpaired) electrons. The second-order valence-corrected chi connectivity index (χ2v) is 7.56. The molecule has 0 amide bonds. The van der Waals surface area contributed by atoms with Crippen molar-refractivity contribution in [2.75, 3.05) is 39.5 Å². The smallest absolute Gasteiger partial charge is 0.211 e. The molecule has 1 aromatic carbocycles. The third-order valence-electron chi connectivity index (χ3n) is 3.60. The molecule has 0 unspecified atom stereocenters. The number of sulfonamides is 1. The molecule has 0 heterocycles. The number of nitrogens with zero attached hydrogens (tertiary/aromatic N) is 2. The van der Waals surface area contributed by atoms with Crippen LogP contribution in [-0.4, -0.2) is 58.2 Å². The maximum atomic E-state index is 11.6. The van der Waals surface area contributed by atoms with Gasteiger partial charge in [-0.2, -0.15) is 0 Å². The maximum absolute atomic E-state index is 11.6. The molecule has 2 N–H and O–H groups in total. The fourth-order valence-electron chi connectivity index (χ4n) is 2.30.